The van der Waals surface area contributed by atoms with Gasteiger partial charge in [0.05, 0.1) is 22.6 Å². The fourth-order valence-electron chi connectivity index (χ4n) is 1.49. The van der Waals surface area contributed by atoms with Crippen molar-refractivity contribution >= 4 is 34.8 Å². The Balaban J connectivity index is 2.05. The molecule has 0 saturated carbocycles. The lowest BCUT2D eigenvalue weighted by atomic mass is 10.3. The molecule has 0 aliphatic carbocycles. The van der Waals surface area contributed by atoms with E-state index in [1.807, 2.05) is 0 Å². The number of amides is 1. The molecule has 3 N–H and O–H groups in total. The Morgan fingerprint density at radius 1 is 1.42 bits per heavy atom. The molecular formula is C11H11Cl2N5O. The van der Waals surface area contributed by atoms with Crippen molar-refractivity contribution in [1.82, 2.24) is 15.0 Å². The standard InChI is InChI=1S/C11H11Cl2N5O/c12-7-1-2-10(9(13)3-7)16-11(19)6-18-8(4-14)5-15-17-18/h1-3,5H,4,6,14H2,(H,16,19). The summed E-state index contributed by atoms with van der Waals surface area (Å²) in [5.41, 5.74) is 6.67. The first kappa shape index (κ1) is 13.8. The van der Waals surface area contributed by atoms with Crippen LogP contribution in [0.5, 0.6) is 0 Å². The molecule has 0 atom stereocenters. The second kappa shape index (κ2) is 6.01. The van der Waals surface area contributed by atoms with E-state index in [4.69, 9.17) is 28.9 Å². The predicted molar refractivity (Wildman–Crippen MR) is 73.0 cm³/mol. The van der Waals surface area contributed by atoms with Gasteiger partial charge in [0, 0.05) is 11.6 Å². The highest BCUT2D eigenvalue weighted by atomic mass is 35.5. The lowest BCUT2D eigenvalue weighted by molar-refractivity contribution is -0.117. The average molecular weight is 300 g/mol. The van der Waals surface area contributed by atoms with E-state index in [9.17, 15) is 4.79 Å². The molecule has 2 aromatic rings. The second-order valence-electron chi connectivity index (χ2n) is 3.76. The van der Waals surface area contributed by atoms with Crippen LogP contribution < -0.4 is 11.1 Å². The molecule has 0 saturated heterocycles. The first-order valence-corrected chi connectivity index (χ1v) is 6.18. The molecule has 0 fully saturated rings. The predicted octanol–water partition coefficient (Wildman–Crippen LogP) is 1.68. The summed E-state index contributed by atoms with van der Waals surface area (Å²) in [6.45, 7) is 0.285. The molecule has 0 aliphatic heterocycles. The van der Waals surface area contributed by atoms with Crippen LogP contribution in [0, 0.1) is 0 Å². The number of nitrogens with one attached hydrogen (secondary N) is 1. The van der Waals surface area contributed by atoms with Gasteiger partial charge >= 0.3 is 0 Å². The van der Waals surface area contributed by atoms with Gasteiger partial charge in [-0.15, -0.1) is 5.10 Å². The monoisotopic (exact) mass is 299 g/mol. The average Bonchev–Trinajstić information content (AvgIpc) is 2.80. The third-order valence-electron chi connectivity index (χ3n) is 2.41. The molecule has 0 spiro atoms. The number of rotatable bonds is 4. The minimum atomic E-state index is -0.274. The van der Waals surface area contributed by atoms with Crippen molar-refractivity contribution in [3.8, 4) is 0 Å². The number of nitrogens with zero attached hydrogens (tertiary/aromatic N) is 3. The van der Waals surface area contributed by atoms with Crippen molar-refractivity contribution in [3.63, 3.8) is 0 Å². The van der Waals surface area contributed by atoms with Gasteiger partial charge in [-0.3, -0.25) is 4.79 Å². The number of benzene rings is 1. The van der Waals surface area contributed by atoms with Gasteiger partial charge in [0.25, 0.3) is 0 Å². The van der Waals surface area contributed by atoms with Gasteiger partial charge in [-0.25, -0.2) is 4.68 Å². The number of nitrogens with two attached hydrogens (primary N) is 1. The number of aromatic nitrogens is 3. The molecule has 6 nitrogen and oxygen atoms in total. The molecule has 100 valence electrons. The highest BCUT2D eigenvalue weighted by molar-refractivity contribution is 6.36. The first-order chi connectivity index (χ1) is 9.10. The summed E-state index contributed by atoms with van der Waals surface area (Å²) in [6, 6.07) is 4.83. The molecule has 1 aromatic heterocycles. The van der Waals surface area contributed by atoms with Crippen molar-refractivity contribution in [2.45, 2.75) is 13.1 Å². The third-order valence-corrected chi connectivity index (χ3v) is 2.95. The highest BCUT2D eigenvalue weighted by Gasteiger charge is 2.10. The number of halogens is 2. The topological polar surface area (TPSA) is 85.8 Å². The second-order valence-corrected chi connectivity index (χ2v) is 4.60. The van der Waals surface area contributed by atoms with Gasteiger partial charge in [0.15, 0.2) is 0 Å². The zero-order valence-corrected chi connectivity index (χ0v) is 11.3. The maximum atomic E-state index is 11.9. The van der Waals surface area contributed by atoms with Crippen molar-refractivity contribution in [2.75, 3.05) is 5.32 Å². The normalized spacial score (nSPS) is 10.5. The summed E-state index contributed by atoms with van der Waals surface area (Å²) < 4.78 is 1.43. The maximum absolute atomic E-state index is 11.9. The van der Waals surface area contributed by atoms with Gasteiger partial charge in [-0.2, -0.15) is 0 Å². The number of hydrogen-bond acceptors (Lipinski definition) is 4. The Morgan fingerprint density at radius 2 is 2.21 bits per heavy atom. The van der Waals surface area contributed by atoms with Gasteiger partial charge in [-0.05, 0) is 18.2 Å². The van der Waals surface area contributed by atoms with E-state index >= 15 is 0 Å². The van der Waals surface area contributed by atoms with Gasteiger partial charge in [-0.1, -0.05) is 28.4 Å². The van der Waals surface area contributed by atoms with Crippen LogP contribution in [-0.2, 0) is 17.9 Å². The Morgan fingerprint density at radius 3 is 2.89 bits per heavy atom. The Bertz CT molecular complexity index is 599. The van der Waals surface area contributed by atoms with Crippen molar-refractivity contribution in [2.24, 2.45) is 5.73 Å². The van der Waals surface area contributed by atoms with Crippen molar-refractivity contribution in [3.05, 3.63) is 40.1 Å². The van der Waals surface area contributed by atoms with E-state index in [-0.39, 0.29) is 19.0 Å². The lowest BCUT2D eigenvalue weighted by Gasteiger charge is -2.08. The van der Waals surface area contributed by atoms with Crippen LogP contribution in [0.2, 0.25) is 10.0 Å². The largest absolute Gasteiger partial charge is 0.325 e. The Hall–Kier alpha value is -1.63. The molecule has 1 amide bonds. The van der Waals surface area contributed by atoms with Crippen LogP contribution >= 0.6 is 23.2 Å². The number of anilines is 1. The highest BCUT2D eigenvalue weighted by Crippen LogP contribution is 2.25. The molecule has 8 heteroatoms. The van der Waals surface area contributed by atoms with Crippen LogP contribution in [0.3, 0.4) is 0 Å². The molecule has 0 unspecified atom stereocenters. The molecule has 0 bridgehead atoms. The van der Waals surface area contributed by atoms with E-state index in [1.165, 1.54) is 10.9 Å². The summed E-state index contributed by atoms with van der Waals surface area (Å²) in [5, 5.41) is 11.0. The number of carbonyl (C=O) groups excluding carboxylic acids is 1. The zero-order valence-electron chi connectivity index (χ0n) is 9.81. The summed E-state index contributed by atoms with van der Waals surface area (Å²) >= 11 is 11.7. The fraction of sp³-hybridized carbons (Fsp3) is 0.182. The third kappa shape index (κ3) is 3.44. The maximum Gasteiger partial charge on any atom is 0.246 e. The minimum Gasteiger partial charge on any atom is -0.325 e. The van der Waals surface area contributed by atoms with Gasteiger partial charge in [0.1, 0.15) is 6.54 Å². The first-order valence-electron chi connectivity index (χ1n) is 5.42. The Labute approximate surface area is 119 Å². The van der Waals surface area contributed by atoms with Crippen molar-refractivity contribution < 1.29 is 4.79 Å². The molecular weight excluding hydrogens is 289 g/mol. The van der Waals surface area contributed by atoms with Crippen LogP contribution in [0.25, 0.3) is 0 Å². The molecule has 1 aromatic carbocycles. The smallest absolute Gasteiger partial charge is 0.246 e. The lowest BCUT2D eigenvalue weighted by Crippen LogP contribution is -2.21. The summed E-state index contributed by atoms with van der Waals surface area (Å²) in [6.07, 6.45) is 1.52. The van der Waals surface area contributed by atoms with E-state index in [2.05, 4.69) is 15.6 Å². The zero-order chi connectivity index (χ0) is 13.8. The molecule has 2 rings (SSSR count). The van der Waals surface area contributed by atoms with Gasteiger partial charge < -0.3 is 11.1 Å². The number of hydrogen-bond donors (Lipinski definition) is 2. The SMILES string of the molecule is NCc1cnnn1CC(=O)Nc1ccc(Cl)cc1Cl. The van der Waals surface area contributed by atoms with E-state index in [1.54, 1.807) is 18.2 Å². The Kier molecular flexibility index (Phi) is 4.36. The summed E-state index contributed by atoms with van der Waals surface area (Å²) in [5.74, 6) is -0.274. The quantitative estimate of drug-likeness (QED) is 0.899. The fourth-order valence-corrected chi connectivity index (χ4v) is 1.94. The molecule has 0 aliphatic rings. The van der Waals surface area contributed by atoms with E-state index in [0.717, 1.165) is 0 Å². The molecule has 19 heavy (non-hydrogen) atoms. The van der Waals surface area contributed by atoms with E-state index in [0.29, 0.717) is 21.4 Å². The number of carbonyl (C=O) groups is 1. The van der Waals surface area contributed by atoms with Gasteiger partial charge in [0.2, 0.25) is 5.91 Å². The molecule has 1 heterocycles. The molecule has 0 radical (unpaired) electrons. The van der Waals surface area contributed by atoms with Crippen LogP contribution in [0.1, 0.15) is 5.69 Å². The van der Waals surface area contributed by atoms with Crippen molar-refractivity contribution in [1.29, 1.82) is 0 Å². The van der Waals surface area contributed by atoms with Crippen LogP contribution in [-0.4, -0.2) is 20.9 Å². The van der Waals surface area contributed by atoms with E-state index < -0.39 is 0 Å². The summed E-state index contributed by atoms with van der Waals surface area (Å²) in [7, 11) is 0. The minimum absolute atomic E-state index is 0.0193. The van der Waals surface area contributed by atoms with Crippen LogP contribution in [0.4, 0.5) is 5.69 Å². The summed E-state index contributed by atoms with van der Waals surface area (Å²) in [4.78, 5) is 11.9. The van der Waals surface area contributed by atoms with Crippen LogP contribution in [0.15, 0.2) is 24.4 Å².